The van der Waals surface area contributed by atoms with Gasteiger partial charge in [0.1, 0.15) is 23.9 Å². The molecule has 9 nitrogen and oxygen atoms in total. The minimum atomic E-state index is -0.442. The first-order chi connectivity index (χ1) is 17.9. The van der Waals surface area contributed by atoms with Gasteiger partial charge in [0, 0.05) is 51.2 Å². The summed E-state index contributed by atoms with van der Waals surface area (Å²) in [6.45, 7) is 5.38. The largest absolute Gasteiger partial charge is 0.497 e. The molecule has 0 radical (unpaired) electrons. The number of ether oxygens (including phenoxy) is 3. The molecule has 2 aromatic carbocycles. The van der Waals surface area contributed by atoms with Gasteiger partial charge in [-0.15, -0.1) is 0 Å². The normalized spacial score (nSPS) is 17.9. The first kappa shape index (κ1) is 26.6. The van der Waals surface area contributed by atoms with Gasteiger partial charge in [-0.3, -0.25) is 14.5 Å². The average Bonchev–Trinajstić information content (AvgIpc) is 3.36. The Morgan fingerprint density at radius 1 is 1.11 bits per heavy atom. The Labute approximate surface area is 216 Å². The van der Waals surface area contributed by atoms with E-state index in [9.17, 15) is 14.0 Å². The molecule has 2 heterocycles. The highest BCUT2D eigenvalue weighted by Crippen LogP contribution is 2.36. The van der Waals surface area contributed by atoms with Gasteiger partial charge in [0.15, 0.2) is 0 Å². The van der Waals surface area contributed by atoms with Crippen LogP contribution in [0.25, 0.3) is 0 Å². The minimum Gasteiger partial charge on any atom is -0.497 e. The molecule has 10 heteroatoms. The van der Waals surface area contributed by atoms with Gasteiger partial charge < -0.3 is 19.1 Å². The second kappa shape index (κ2) is 12.2. The van der Waals surface area contributed by atoms with Crippen LogP contribution in [-0.2, 0) is 14.3 Å². The minimum absolute atomic E-state index is 0.103. The van der Waals surface area contributed by atoms with Crippen molar-refractivity contribution in [2.24, 2.45) is 5.10 Å². The van der Waals surface area contributed by atoms with Crippen LogP contribution >= 0.6 is 0 Å². The summed E-state index contributed by atoms with van der Waals surface area (Å²) in [6, 6.07) is 11.0. The van der Waals surface area contributed by atoms with Gasteiger partial charge >= 0.3 is 0 Å². The van der Waals surface area contributed by atoms with Crippen LogP contribution in [0.2, 0.25) is 0 Å². The number of rotatable bonds is 9. The fraction of sp³-hybridized carbons (Fsp3) is 0.444. The lowest BCUT2D eigenvalue weighted by Gasteiger charge is -2.30. The molecule has 1 fully saturated rings. The number of hydrogen-bond acceptors (Lipinski definition) is 7. The molecule has 37 heavy (non-hydrogen) atoms. The molecule has 1 unspecified atom stereocenters. The zero-order chi connectivity index (χ0) is 26.4. The Morgan fingerprint density at radius 2 is 1.84 bits per heavy atom. The highest BCUT2D eigenvalue weighted by Gasteiger charge is 2.35. The molecule has 0 bridgehead atoms. The summed E-state index contributed by atoms with van der Waals surface area (Å²) >= 11 is 0. The van der Waals surface area contributed by atoms with E-state index in [1.807, 2.05) is 6.07 Å². The molecular weight excluding hydrogens is 479 g/mol. The van der Waals surface area contributed by atoms with E-state index in [1.165, 1.54) is 24.1 Å². The predicted molar refractivity (Wildman–Crippen MR) is 136 cm³/mol. The van der Waals surface area contributed by atoms with Gasteiger partial charge in [0.25, 0.3) is 5.91 Å². The van der Waals surface area contributed by atoms with Crippen LogP contribution in [-0.4, -0.2) is 92.5 Å². The number of hydrogen-bond donors (Lipinski definition) is 0. The summed E-state index contributed by atoms with van der Waals surface area (Å²) in [6.07, 6.45) is 0.411. The summed E-state index contributed by atoms with van der Waals surface area (Å²) in [5, 5.41) is 6.10. The molecule has 0 N–H and O–H groups in total. The van der Waals surface area contributed by atoms with Crippen molar-refractivity contribution in [2.75, 3.05) is 60.2 Å². The van der Waals surface area contributed by atoms with Crippen molar-refractivity contribution >= 4 is 17.5 Å². The van der Waals surface area contributed by atoms with Crippen molar-refractivity contribution in [3.63, 3.8) is 0 Å². The van der Waals surface area contributed by atoms with Crippen molar-refractivity contribution in [3.8, 4) is 11.5 Å². The molecule has 2 aliphatic heterocycles. The fourth-order valence-corrected chi connectivity index (χ4v) is 4.55. The van der Waals surface area contributed by atoms with E-state index in [4.69, 9.17) is 14.2 Å². The van der Waals surface area contributed by atoms with E-state index in [0.29, 0.717) is 49.9 Å². The number of methoxy groups -OCH3 is 2. The number of nitrogens with zero attached hydrogens (tertiary/aromatic N) is 4. The van der Waals surface area contributed by atoms with Crippen LogP contribution < -0.4 is 9.47 Å². The smallest absolute Gasteiger partial charge is 0.262 e. The van der Waals surface area contributed by atoms with Crippen molar-refractivity contribution in [2.45, 2.75) is 19.4 Å². The second-order valence-electron chi connectivity index (χ2n) is 9.02. The molecule has 0 spiro atoms. The van der Waals surface area contributed by atoms with Crippen molar-refractivity contribution in [1.29, 1.82) is 0 Å². The van der Waals surface area contributed by atoms with Gasteiger partial charge in [0.05, 0.1) is 39.2 Å². The molecule has 198 valence electrons. The number of halogens is 1. The van der Waals surface area contributed by atoms with Crippen LogP contribution in [0.15, 0.2) is 47.6 Å². The molecule has 0 saturated carbocycles. The van der Waals surface area contributed by atoms with Gasteiger partial charge in [-0.2, -0.15) is 5.10 Å². The first-order valence-electron chi connectivity index (χ1n) is 12.3. The Bertz CT molecular complexity index is 1130. The SMILES string of the molecule is COc1ccc(C2=NN(C(=O)CN(CCN3CCOCC3)C(C)=O)C(c3ccc(F)cc3)C2)c(OC)c1. The summed E-state index contributed by atoms with van der Waals surface area (Å²) in [5.74, 6) is 0.360. The second-order valence-corrected chi connectivity index (χ2v) is 9.02. The fourth-order valence-electron chi connectivity index (χ4n) is 4.55. The maximum atomic E-state index is 13.6. The predicted octanol–water partition coefficient (Wildman–Crippen LogP) is 2.70. The third-order valence-electron chi connectivity index (χ3n) is 6.70. The maximum Gasteiger partial charge on any atom is 0.262 e. The molecule has 1 atom stereocenters. The average molecular weight is 513 g/mol. The third kappa shape index (κ3) is 6.44. The van der Waals surface area contributed by atoms with Gasteiger partial charge in [-0.1, -0.05) is 12.1 Å². The topological polar surface area (TPSA) is 83.9 Å². The van der Waals surface area contributed by atoms with Crippen molar-refractivity contribution in [3.05, 3.63) is 59.4 Å². The molecule has 2 aromatic rings. The van der Waals surface area contributed by atoms with E-state index in [-0.39, 0.29) is 24.2 Å². The van der Waals surface area contributed by atoms with Gasteiger partial charge in [0.2, 0.25) is 5.91 Å². The summed E-state index contributed by atoms with van der Waals surface area (Å²) in [7, 11) is 3.14. The van der Waals surface area contributed by atoms with E-state index < -0.39 is 6.04 Å². The van der Waals surface area contributed by atoms with E-state index in [2.05, 4.69) is 10.0 Å². The van der Waals surface area contributed by atoms with Crippen LogP contribution in [0.3, 0.4) is 0 Å². The summed E-state index contributed by atoms with van der Waals surface area (Å²) in [4.78, 5) is 29.7. The number of morpholine rings is 1. The number of benzene rings is 2. The lowest BCUT2D eigenvalue weighted by Crippen LogP contribution is -2.45. The van der Waals surface area contributed by atoms with Gasteiger partial charge in [-0.25, -0.2) is 9.40 Å². The van der Waals surface area contributed by atoms with Gasteiger partial charge in [-0.05, 0) is 29.8 Å². The molecule has 0 aromatic heterocycles. The van der Waals surface area contributed by atoms with Crippen molar-refractivity contribution < 1.29 is 28.2 Å². The van der Waals surface area contributed by atoms with Crippen LogP contribution in [0, 0.1) is 5.82 Å². The quantitative estimate of drug-likeness (QED) is 0.514. The number of amides is 2. The van der Waals surface area contributed by atoms with Crippen LogP contribution in [0.1, 0.15) is 30.5 Å². The Hall–Kier alpha value is -3.50. The Balaban J connectivity index is 1.57. The van der Waals surface area contributed by atoms with E-state index >= 15 is 0 Å². The lowest BCUT2D eigenvalue weighted by molar-refractivity contribution is -0.140. The molecule has 1 saturated heterocycles. The lowest BCUT2D eigenvalue weighted by atomic mass is 9.97. The monoisotopic (exact) mass is 512 g/mol. The molecule has 2 amide bonds. The first-order valence-corrected chi connectivity index (χ1v) is 12.3. The standard InChI is InChI=1S/C27H33FN4O5/c1-19(33)31(11-10-30-12-14-37-15-13-30)18-27(34)32-25(20-4-6-21(28)7-5-20)17-24(29-32)23-9-8-22(35-2)16-26(23)36-3/h4-9,16,25H,10-15,17-18H2,1-3H3. The number of carbonyl (C=O) groups excluding carboxylic acids is 2. The molecule has 2 aliphatic rings. The highest BCUT2D eigenvalue weighted by atomic mass is 19.1. The summed E-state index contributed by atoms with van der Waals surface area (Å²) < 4.78 is 29.9. The van der Waals surface area contributed by atoms with E-state index in [0.717, 1.165) is 24.2 Å². The molecule has 4 rings (SSSR count). The third-order valence-corrected chi connectivity index (χ3v) is 6.70. The highest BCUT2D eigenvalue weighted by molar-refractivity contribution is 6.05. The zero-order valence-electron chi connectivity index (χ0n) is 21.5. The number of hydrazone groups is 1. The van der Waals surface area contributed by atoms with Crippen LogP contribution in [0.5, 0.6) is 11.5 Å². The zero-order valence-corrected chi connectivity index (χ0v) is 21.5. The maximum absolute atomic E-state index is 13.6. The number of carbonyl (C=O) groups is 2. The Morgan fingerprint density at radius 3 is 2.49 bits per heavy atom. The van der Waals surface area contributed by atoms with E-state index in [1.54, 1.807) is 43.4 Å². The molecular formula is C27H33FN4O5. The van der Waals surface area contributed by atoms with Crippen LogP contribution in [0.4, 0.5) is 4.39 Å². The Kier molecular flexibility index (Phi) is 8.73. The summed E-state index contributed by atoms with van der Waals surface area (Å²) in [5.41, 5.74) is 2.15. The molecule has 0 aliphatic carbocycles. The van der Waals surface area contributed by atoms with Crippen molar-refractivity contribution in [1.82, 2.24) is 14.8 Å².